The largest absolute Gasteiger partial charge is 0.381 e. The van der Waals surface area contributed by atoms with E-state index in [1.165, 1.54) is 11.1 Å². The molecule has 1 aromatic carbocycles. The summed E-state index contributed by atoms with van der Waals surface area (Å²) in [6, 6.07) is 10.4. The Bertz CT molecular complexity index is 685. The van der Waals surface area contributed by atoms with Crippen LogP contribution in [0.1, 0.15) is 41.4 Å². The zero-order valence-corrected chi connectivity index (χ0v) is 14.4. The van der Waals surface area contributed by atoms with Crippen molar-refractivity contribution in [2.75, 3.05) is 19.8 Å². The van der Waals surface area contributed by atoms with Gasteiger partial charge < -0.3 is 10.1 Å². The summed E-state index contributed by atoms with van der Waals surface area (Å²) < 4.78 is 7.28. The molecular weight excluding hydrogens is 302 g/mol. The molecule has 3 rings (SSSR count). The van der Waals surface area contributed by atoms with Gasteiger partial charge in [-0.15, -0.1) is 0 Å². The van der Waals surface area contributed by atoms with E-state index in [-0.39, 0.29) is 11.3 Å². The number of carbonyl (C=O) groups is 1. The number of rotatable bonds is 5. The number of nitrogens with one attached hydrogen (secondary N) is 1. The number of aryl methyl sites for hydroxylation is 2. The number of ether oxygens (including phenoxy) is 1. The average Bonchev–Trinajstić information content (AvgIpc) is 3.10. The van der Waals surface area contributed by atoms with Crippen LogP contribution in [0.2, 0.25) is 0 Å². The molecule has 1 fully saturated rings. The summed E-state index contributed by atoms with van der Waals surface area (Å²) in [7, 11) is 0. The zero-order valence-electron chi connectivity index (χ0n) is 14.4. The Hall–Kier alpha value is -2.14. The van der Waals surface area contributed by atoms with Crippen molar-refractivity contribution in [2.24, 2.45) is 0 Å². The van der Waals surface area contributed by atoms with Crippen LogP contribution in [0.4, 0.5) is 0 Å². The molecule has 1 saturated heterocycles. The van der Waals surface area contributed by atoms with Gasteiger partial charge >= 0.3 is 0 Å². The van der Waals surface area contributed by atoms with Crippen molar-refractivity contribution in [1.29, 1.82) is 0 Å². The quantitative estimate of drug-likeness (QED) is 0.918. The van der Waals surface area contributed by atoms with E-state index in [2.05, 4.69) is 41.6 Å². The fourth-order valence-corrected chi connectivity index (χ4v) is 3.35. The van der Waals surface area contributed by atoms with E-state index in [0.717, 1.165) is 26.1 Å². The van der Waals surface area contributed by atoms with Crippen LogP contribution in [0.15, 0.2) is 36.5 Å². The van der Waals surface area contributed by atoms with Gasteiger partial charge in [0.15, 0.2) is 0 Å². The van der Waals surface area contributed by atoms with E-state index in [1.54, 1.807) is 16.9 Å². The summed E-state index contributed by atoms with van der Waals surface area (Å²) in [5, 5.41) is 7.30. The van der Waals surface area contributed by atoms with Gasteiger partial charge in [-0.25, -0.2) is 0 Å². The molecular formula is C19H25N3O2. The van der Waals surface area contributed by atoms with Crippen molar-refractivity contribution in [1.82, 2.24) is 15.1 Å². The van der Waals surface area contributed by atoms with Crippen LogP contribution in [0, 0.1) is 6.92 Å². The number of hydrogen-bond donors (Lipinski definition) is 1. The average molecular weight is 327 g/mol. The van der Waals surface area contributed by atoms with E-state index in [4.69, 9.17) is 4.74 Å². The van der Waals surface area contributed by atoms with Crippen LogP contribution in [0.3, 0.4) is 0 Å². The Morgan fingerprint density at radius 3 is 2.62 bits per heavy atom. The second kappa shape index (κ2) is 7.18. The third-order valence-electron chi connectivity index (χ3n) is 4.95. The van der Waals surface area contributed by atoms with Crippen LogP contribution >= 0.6 is 0 Å². The summed E-state index contributed by atoms with van der Waals surface area (Å²) in [5.41, 5.74) is 3.08. The fourth-order valence-electron chi connectivity index (χ4n) is 3.35. The standard InChI is InChI=1S/C19H25N3O2/c1-3-22-17(8-11-21-22)18(23)20-14-19(9-12-24-13-10-19)16-6-4-15(2)5-7-16/h4-8,11H,3,9-10,12-14H2,1-2H3,(H,20,23). The summed E-state index contributed by atoms with van der Waals surface area (Å²) in [6.45, 7) is 6.84. The van der Waals surface area contributed by atoms with Crippen molar-refractivity contribution in [3.05, 3.63) is 53.3 Å². The minimum Gasteiger partial charge on any atom is -0.381 e. The monoisotopic (exact) mass is 327 g/mol. The minimum absolute atomic E-state index is 0.0569. The smallest absolute Gasteiger partial charge is 0.269 e. The van der Waals surface area contributed by atoms with Crippen molar-refractivity contribution < 1.29 is 9.53 Å². The summed E-state index contributed by atoms with van der Waals surface area (Å²) >= 11 is 0. The maximum Gasteiger partial charge on any atom is 0.269 e. The molecule has 2 aromatic rings. The molecule has 0 saturated carbocycles. The van der Waals surface area contributed by atoms with Gasteiger partial charge in [0.25, 0.3) is 5.91 Å². The van der Waals surface area contributed by atoms with Gasteiger partial charge in [0.05, 0.1) is 0 Å². The molecule has 0 unspecified atom stereocenters. The first-order chi connectivity index (χ1) is 11.6. The molecule has 128 valence electrons. The summed E-state index contributed by atoms with van der Waals surface area (Å²) in [4.78, 5) is 12.6. The van der Waals surface area contributed by atoms with E-state index in [1.807, 2.05) is 6.92 Å². The lowest BCUT2D eigenvalue weighted by Gasteiger charge is -2.38. The molecule has 0 atom stereocenters. The van der Waals surface area contributed by atoms with E-state index in [9.17, 15) is 4.79 Å². The predicted octanol–water partition coefficient (Wildman–Crippen LogP) is 2.69. The normalized spacial score (nSPS) is 16.8. The first kappa shape index (κ1) is 16.7. The number of amides is 1. The minimum atomic E-state index is -0.0627. The summed E-state index contributed by atoms with van der Waals surface area (Å²) in [5.74, 6) is -0.0627. The number of hydrogen-bond acceptors (Lipinski definition) is 3. The first-order valence-corrected chi connectivity index (χ1v) is 8.59. The highest BCUT2D eigenvalue weighted by molar-refractivity contribution is 5.92. The molecule has 0 bridgehead atoms. The molecule has 1 aromatic heterocycles. The van der Waals surface area contributed by atoms with Crippen LogP contribution in [0.25, 0.3) is 0 Å². The SMILES string of the molecule is CCn1nccc1C(=O)NCC1(c2ccc(C)cc2)CCOCC1. The number of benzene rings is 1. The first-order valence-electron chi connectivity index (χ1n) is 8.59. The van der Waals surface area contributed by atoms with Crippen LogP contribution in [0.5, 0.6) is 0 Å². The number of nitrogens with zero attached hydrogens (tertiary/aromatic N) is 2. The zero-order chi connectivity index (χ0) is 17.0. The molecule has 1 amide bonds. The highest BCUT2D eigenvalue weighted by Gasteiger charge is 2.35. The Morgan fingerprint density at radius 2 is 1.96 bits per heavy atom. The van der Waals surface area contributed by atoms with Gasteiger partial charge in [0.1, 0.15) is 5.69 Å². The van der Waals surface area contributed by atoms with Crippen LogP contribution in [-0.2, 0) is 16.7 Å². The Labute approximate surface area is 143 Å². The lowest BCUT2D eigenvalue weighted by molar-refractivity contribution is 0.0486. The van der Waals surface area contributed by atoms with Crippen molar-refractivity contribution in [3.8, 4) is 0 Å². The molecule has 5 nitrogen and oxygen atoms in total. The molecule has 0 radical (unpaired) electrons. The highest BCUT2D eigenvalue weighted by atomic mass is 16.5. The molecule has 1 aliphatic rings. The molecule has 5 heteroatoms. The topological polar surface area (TPSA) is 56.2 Å². The van der Waals surface area contributed by atoms with Crippen molar-refractivity contribution in [3.63, 3.8) is 0 Å². The maximum absolute atomic E-state index is 12.6. The van der Waals surface area contributed by atoms with E-state index in [0.29, 0.717) is 18.8 Å². The molecule has 2 heterocycles. The molecule has 0 spiro atoms. The highest BCUT2D eigenvalue weighted by Crippen LogP contribution is 2.34. The lowest BCUT2D eigenvalue weighted by Crippen LogP contribution is -2.45. The maximum atomic E-state index is 12.6. The Balaban J connectivity index is 1.77. The molecule has 24 heavy (non-hydrogen) atoms. The van der Waals surface area contributed by atoms with Crippen molar-refractivity contribution in [2.45, 2.75) is 38.6 Å². The van der Waals surface area contributed by atoms with Gasteiger partial charge in [-0.3, -0.25) is 9.48 Å². The second-order valence-corrected chi connectivity index (χ2v) is 6.47. The third kappa shape index (κ3) is 3.36. The van der Waals surface area contributed by atoms with Gasteiger partial charge in [-0.2, -0.15) is 5.10 Å². The van der Waals surface area contributed by atoms with Gasteiger partial charge in [-0.05, 0) is 38.3 Å². The van der Waals surface area contributed by atoms with Crippen molar-refractivity contribution >= 4 is 5.91 Å². The summed E-state index contributed by atoms with van der Waals surface area (Å²) in [6.07, 6.45) is 3.51. The van der Waals surface area contributed by atoms with Crippen LogP contribution in [-0.4, -0.2) is 35.4 Å². The van der Waals surface area contributed by atoms with E-state index >= 15 is 0 Å². The Morgan fingerprint density at radius 1 is 1.25 bits per heavy atom. The van der Waals surface area contributed by atoms with Gasteiger partial charge in [0, 0.05) is 37.9 Å². The third-order valence-corrected chi connectivity index (χ3v) is 4.95. The number of aromatic nitrogens is 2. The Kier molecular flexibility index (Phi) is 5.00. The van der Waals surface area contributed by atoms with Crippen LogP contribution < -0.4 is 5.32 Å². The molecule has 0 aliphatic carbocycles. The fraction of sp³-hybridized carbons (Fsp3) is 0.474. The molecule has 1 aliphatic heterocycles. The van der Waals surface area contributed by atoms with Gasteiger partial charge in [0.2, 0.25) is 0 Å². The van der Waals surface area contributed by atoms with Gasteiger partial charge in [-0.1, -0.05) is 29.8 Å². The van der Waals surface area contributed by atoms with E-state index < -0.39 is 0 Å². The second-order valence-electron chi connectivity index (χ2n) is 6.47. The lowest BCUT2D eigenvalue weighted by atomic mass is 9.74. The number of carbonyl (C=O) groups excluding carboxylic acids is 1. The predicted molar refractivity (Wildman–Crippen MR) is 93.1 cm³/mol. The molecule has 1 N–H and O–H groups in total.